The fourth-order valence-corrected chi connectivity index (χ4v) is 4.08. The van der Waals surface area contributed by atoms with Gasteiger partial charge in [-0.25, -0.2) is 17.5 Å². The van der Waals surface area contributed by atoms with Gasteiger partial charge in [-0.2, -0.15) is 5.10 Å². The Bertz CT molecular complexity index is 1220. The van der Waals surface area contributed by atoms with Crippen molar-refractivity contribution in [2.24, 2.45) is 10.8 Å². The molecule has 4 N–H and O–H groups in total. The zero-order valence-electron chi connectivity index (χ0n) is 17.0. The van der Waals surface area contributed by atoms with Crippen molar-refractivity contribution >= 4 is 38.9 Å². The number of hydrogen-bond donors (Lipinski definition) is 3. The summed E-state index contributed by atoms with van der Waals surface area (Å²) in [5, 5.41) is 18.6. The summed E-state index contributed by atoms with van der Waals surface area (Å²) in [5.41, 5.74) is 5.38. The van der Waals surface area contributed by atoms with E-state index in [0.717, 1.165) is 12.1 Å². The van der Waals surface area contributed by atoms with E-state index >= 15 is 0 Å². The van der Waals surface area contributed by atoms with Gasteiger partial charge in [0.15, 0.2) is 0 Å². The molecule has 2 aromatic carbocycles. The third-order valence-electron chi connectivity index (χ3n) is 4.63. The van der Waals surface area contributed by atoms with Gasteiger partial charge in [-0.05, 0) is 30.3 Å². The molecule has 174 valence electrons. The summed E-state index contributed by atoms with van der Waals surface area (Å²) in [6.45, 7) is -0.325. The molecular weight excluding hydrogens is 459 g/mol. The number of benzene rings is 2. The van der Waals surface area contributed by atoms with Gasteiger partial charge in [-0.15, -0.1) is 0 Å². The van der Waals surface area contributed by atoms with Gasteiger partial charge in [0.25, 0.3) is 11.6 Å². The molecule has 12 nitrogen and oxygen atoms in total. The average molecular weight is 478 g/mol. The Morgan fingerprint density at radius 3 is 2.55 bits per heavy atom. The maximum Gasteiger partial charge on any atom is 0.270 e. The van der Waals surface area contributed by atoms with E-state index in [0.29, 0.717) is 5.69 Å². The number of nitrogens with zero attached hydrogens (tertiary/aromatic N) is 3. The Labute approximate surface area is 187 Å². The molecule has 3 rings (SSSR count). The van der Waals surface area contributed by atoms with Crippen molar-refractivity contribution in [1.29, 1.82) is 0 Å². The Morgan fingerprint density at radius 2 is 1.91 bits per heavy atom. The summed E-state index contributed by atoms with van der Waals surface area (Å²) in [6, 6.07) is 8.71. The van der Waals surface area contributed by atoms with E-state index in [4.69, 9.17) is 5.73 Å². The topological polar surface area (TPSA) is 177 Å². The lowest BCUT2D eigenvalue weighted by Crippen LogP contribution is -2.40. The van der Waals surface area contributed by atoms with Gasteiger partial charge in [0.2, 0.25) is 15.9 Å². The number of carbonyl (C=O) groups is 2. The largest absolute Gasteiger partial charge is 0.368 e. The third-order valence-corrected chi connectivity index (χ3v) is 6.09. The van der Waals surface area contributed by atoms with E-state index in [-0.39, 0.29) is 35.8 Å². The minimum atomic E-state index is -4.04. The van der Waals surface area contributed by atoms with Crippen molar-refractivity contribution in [2.45, 2.75) is 17.4 Å². The predicted molar refractivity (Wildman–Crippen MR) is 115 cm³/mol. The average Bonchev–Trinajstić information content (AvgIpc) is 3.23. The number of primary amides is 1. The number of nitrogens with one attached hydrogen (secondary N) is 2. The van der Waals surface area contributed by atoms with Crippen LogP contribution in [0.5, 0.6) is 0 Å². The molecule has 2 amide bonds. The highest BCUT2D eigenvalue weighted by molar-refractivity contribution is 7.89. The number of anilines is 1. The van der Waals surface area contributed by atoms with Crippen LogP contribution < -0.4 is 20.8 Å². The lowest BCUT2D eigenvalue weighted by atomic mass is 10.1. The molecule has 0 fully saturated rings. The quantitative estimate of drug-likeness (QED) is 0.263. The molecule has 0 bridgehead atoms. The monoisotopic (exact) mass is 478 g/mol. The van der Waals surface area contributed by atoms with Crippen LogP contribution in [0.3, 0.4) is 0 Å². The summed E-state index contributed by atoms with van der Waals surface area (Å²) in [7, 11) is -4.04. The van der Waals surface area contributed by atoms with Crippen LogP contribution in [-0.4, -0.2) is 50.0 Å². The molecule has 0 aromatic heterocycles. The SMILES string of the molecule is NC(=O)C1CC(C(=O)NCCNS(=O)(=O)c2cccc([N+](=O)[O-])c2)=NN1c1ccc(F)cc1. The number of hydrogen-bond acceptors (Lipinski definition) is 8. The highest BCUT2D eigenvalue weighted by atomic mass is 32.2. The van der Waals surface area contributed by atoms with Gasteiger partial charge in [0.1, 0.15) is 17.6 Å². The van der Waals surface area contributed by atoms with E-state index in [9.17, 15) is 32.5 Å². The van der Waals surface area contributed by atoms with Gasteiger partial charge < -0.3 is 11.1 Å². The first-order valence-corrected chi connectivity index (χ1v) is 11.0. The summed E-state index contributed by atoms with van der Waals surface area (Å²) in [5.74, 6) is -1.85. The molecule has 0 aliphatic carbocycles. The zero-order valence-corrected chi connectivity index (χ0v) is 17.8. The van der Waals surface area contributed by atoms with Gasteiger partial charge in [-0.3, -0.25) is 24.7 Å². The molecule has 14 heteroatoms. The predicted octanol–water partition coefficient (Wildman–Crippen LogP) is 0.249. The maximum atomic E-state index is 13.2. The third kappa shape index (κ3) is 5.67. The van der Waals surface area contributed by atoms with E-state index in [1.807, 2.05) is 0 Å². The molecule has 1 unspecified atom stereocenters. The minimum absolute atomic E-state index is 0.00957. The normalized spacial score (nSPS) is 15.7. The molecule has 0 saturated heterocycles. The Morgan fingerprint density at radius 1 is 1.21 bits per heavy atom. The van der Waals surface area contributed by atoms with Crippen LogP contribution in [-0.2, 0) is 19.6 Å². The smallest absolute Gasteiger partial charge is 0.270 e. The molecule has 1 atom stereocenters. The fourth-order valence-electron chi connectivity index (χ4n) is 3.01. The lowest BCUT2D eigenvalue weighted by molar-refractivity contribution is -0.385. The van der Waals surface area contributed by atoms with Crippen LogP contribution in [0.2, 0.25) is 0 Å². The maximum absolute atomic E-state index is 13.2. The van der Waals surface area contributed by atoms with Crippen LogP contribution in [0, 0.1) is 15.9 Å². The fraction of sp³-hybridized carbons (Fsp3) is 0.211. The van der Waals surface area contributed by atoms with Crippen molar-refractivity contribution in [3.63, 3.8) is 0 Å². The van der Waals surface area contributed by atoms with Crippen molar-refractivity contribution in [3.8, 4) is 0 Å². The summed E-state index contributed by atoms with van der Waals surface area (Å²) < 4.78 is 40.0. The number of nitro groups is 1. The van der Waals surface area contributed by atoms with E-state index in [2.05, 4.69) is 15.1 Å². The highest BCUT2D eigenvalue weighted by Crippen LogP contribution is 2.25. The first-order chi connectivity index (χ1) is 15.6. The summed E-state index contributed by atoms with van der Waals surface area (Å²) >= 11 is 0. The first kappa shape index (κ1) is 23.7. The number of nitro benzene ring substituents is 1. The number of non-ortho nitro benzene ring substituents is 1. The summed E-state index contributed by atoms with van der Waals surface area (Å²) in [4.78, 5) is 34.0. The van der Waals surface area contributed by atoms with Crippen LogP contribution in [0.15, 0.2) is 58.5 Å². The van der Waals surface area contributed by atoms with Crippen molar-refractivity contribution in [2.75, 3.05) is 18.1 Å². The number of nitrogens with two attached hydrogens (primary N) is 1. The van der Waals surface area contributed by atoms with E-state index in [1.165, 1.54) is 41.4 Å². The number of carbonyl (C=O) groups excluding carboxylic acids is 2. The highest BCUT2D eigenvalue weighted by Gasteiger charge is 2.34. The number of amides is 2. The second-order valence-electron chi connectivity index (χ2n) is 6.90. The second kappa shape index (κ2) is 9.70. The number of halogens is 1. The van der Waals surface area contributed by atoms with E-state index in [1.54, 1.807) is 0 Å². The zero-order chi connectivity index (χ0) is 24.2. The molecule has 0 radical (unpaired) electrons. The van der Waals surface area contributed by atoms with Crippen LogP contribution >= 0.6 is 0 Å². The van der Waals surface area contributed by atoms with Gasteiger partial charge in [0, 0.05) is 31.6 Å². The molecule has 1 heterocycles. The van der Waals surface area contributed by atoms with Gasteiger partial charge in [-0.1, -0.05) is 6.07 Å². The van der Waals surface area contributed by atoms with Gasteiger partial charge in [0.05, 0.1) is 15.5 Å². The lowest BCUT2D eigenvalue weighted by Gasteiger charge is -2.20. The van der Waals surface area contributed by atoms with Crippen molar-refractivity contribution in [1.82, 2.24) is 10.0 Å². The Balaban J connectivity index is 1.59. The Hall–Kier alpha value is -3.91. The minimum Gasteiger partial charge on any atom is -0.368 e. The van der Waals surface area contributed by atoms with Gasteiger partial charge >= 0.3 is 0 Å². The summed E-state index contributed by atoms with van der Waals surface area (Å²) in [6.07, 6.45) is -0.0854. The number of rotatable bonds is 9. The standard InChI is InChI=1S/C19H19FN6O6S/c20-12-4-6-13(7-5-12)25-17(18(21)27)11-16(24-25)19(28)22-8-9-23-33(31,32)15-3-1-2-14(10-15)26(29)30/h1-7,10,17,23H,8-9,11H2,(H2,21,27)(H,22,28). The molecule has 2 aromatic rings. The number of hydrazone groups is 1. The van der Waals surface area contributed by atoms with E-state index < -0.39 is 38.6 Å². The molecule has 0 saturated carbocycles. The molecule has 33 heavy (non-hydrogen) atoms. The Kier molecular flexibility index (Phi) is 6.98. The van der Waals surface area contributed by atoms with Crippen molar-refractivity contribution in [3.05, 3.63) is 64.5 Å². The molecule has 0 spiro atoms. The molecule has 1 aliphatic rings. The second-order valence-corrected chi connectivity index (χ2v) is 8.67. The first-order valence-electron chi connectivity index (χ1n) is 9.52. The molecular formula is C19H19FN6O6S. The molecule has 1 aliphatic heterocycles. The van der Waals surface area contributed by atoms with Crippen molar-refractivity contribution < 1.29 is 27.3 Å². The number of sulfonamides is 1. The van der Waals surface area contributed by atoms with Crippen LogP contribution in [0.25, 0.3) is 0 Å². The van der Waals surface area contributed by atoms with Crippen LogP contribution in [0.1, 0.15) is 6.42 Å². The van der Waals surface area contributed by atoms with Crippen LogP contribution in [0.4, 0.5) is 15.8 Å².